The number of rotatable bonds is 3. The molecule has 2 N–H and O–H groups in total. The van der Waals surface area contributed by atoms with E-state index >= 15 is 0 Å². The first kappa shape index (κ1) is 11.9. The lowest BCUT2D eigenvalue weighted by molar-refractivity contribution is 0.202. The Labute approximate surface area is 102 Å². The summed E-state index contributed by atoms with van der Waals surface area (Å²) in [5, 5.41) is 21.3. The summed E-state index contributed by atoms with van der Waals surface area (Å²) < 4.78 is 0. The van der Waals surface area contributed by atoms with Crippen molar-refractivity contribution in [2.24, 2.45) is 0 Å². The van der Waals surface area contributed by atoms with Crippen LogP contribution in [-0.2, 0) is 5.41 Å². The monoisotopic (exact) mass is 230 g/mol. The molecule has 0 saturated carbocycles. The Morgan fingerprint density at radius 2 is 1.71 bits per heavy atom. The van der Waals surface area contributed by atoms with Crippen molar-refractivity contribution in [2.75, 3.05) is 6.61 Å². The summed E-state index contributed by atoms with van der Waals surface area (Å²) in [4.78, 5) is 0. The number of hydrogen-bond donors (Lipinski definition) is 2. The van der Waals surface area contributed by atoms with Crippen molar-refractivity contribution in [1.82, 2.24) is 0 Å². The van der Waals surface area contributed by atoms with E-state index in [0.29, 0.717) is 5.75 Å². The molecular weight excluding hydrogens is 212 g/mol. The summed E-state index contributed by atoms with van der Waals surface area (Å²) >= 11 is 0. The Morgan fingerprint density at radius 1 is 1.06 bits per heavy atom. The van der Waals surface area contributed by atoms with Gasteiger partial charge in [0.05, 0.1) is 6.61 Å². The highest BCUT2D eigenvalue weighted by molar-refractivity contribution is 5.91. The van der Waals surface area contributed by atoms with Crippen LogP contribution < -0.4 is 0 Å². The molecule has 0 aliphatic rings. The largest absolute Gasteiger partial charge is 0.507 e. The first-order chi connectivity index (χ1) is 8.12. The molecule has 0 amide bonds. The standard InChI is InChI=1S/C15H18O2/c1-3-15(2,10-16)13-8-9-14(17)12-7-5-4-6-11(12)13/h4-9,16-17H,3,10H2,1-2H3. The zero-order valence-electron chi connectivity index (χ0n) is 10.3. The molecule has 0 heterocycles. The third-order valence-corrected chi connectivity index (χ3v) is 3.68. The Morgan fingerprint density at radius 3 is 2.29 bits per heavy atom. The highest BCUT2D eigenvalue weighted by Gasteiger charge is 2.25. The molecular formula is C15H18O2. The number of aliphatic hydroxyl groups excluding tert-OH is 1. The van der Waals surface area contributed by atoms with Crippen LogP contribution in [0.3, 0.4) is 0 Å². The van der Waals surface area contributed by atoms with Crippen molar-refractivity contribution in [1.29, 1.82) is 0 Å². The fourth-order valence-electron chi connectivity index (χ4n) is 2.20. The topological polar surface area (TPSA) is 40.5 Å². The second-order valence-corrected chi connectivity index (χ2v) is 4.75. The summed E-state index contributed by atoms with van der Waals surface area (Å²) in [6, 6.07) is 11.4. The molecule has 0 aromatic heterocycles. The predicted octanol–water partition coefficient (Wildman–Crippen LogP) is 3.21. The quantitative estimate of drug-likeness (QED) is 0.850. The van der Waals surface area contributed by atoms with E-state index in [1.165, 1.54) is 0 Å². The molecule has 0 radical (unpaired) electrons. The highest BCUT2D eigenvalue weighted by Crippen LogP contribution is 2.36. The molecule has 2 aromatic carbocycles. The van der Waals surface area contributed by atoms with E-state index in [0.717, 1.165) is 22.8 Å². The molecule has 17 heavy (non-hydrogen) atoms. The molecule has 1 unspecified atom stereocenters. The van der Waals surface area contributed by atoms with Crippen LogP contribution in [0.1, 0.15) is 25.8 Å². The van der Waals surface area contributed by atoms with Crippen LogP contribution in [0.2, 0.25) is 0 Å². The Balaban J connectivity index is 2.75. The third-order valence-electron chi connectivity index (χ3n) is 3.68. The van der Waals surface area contributed by atoms with Gasteiger partial charge in [-0.15, -0.1) is 0 Å². The zero-order valence-corrected chi connectivity index (χ0v) is 10.3. The summed E-state index contributed by atoms with van der Waals surface area (Å²) in [5.74, 6) is 0.292. The van der Waals surface area contributed by atoms with E-state index in [4.69, 9.17) is 0 Å². The number of aliphatic hydroxyl groups is 1. The minimum atomic E-state index is -0.257. The van der Waals surface area contributed by atoms with Gasteiger partial charge in [-0.1, -0.05) is 44.2 Å². The molecule has 2 aromatic rings. The number of phenolic OH excluding ortho intramolecular Hbond substituents is 1. The van der Waals surface area contributed by atoms with Gasteiger partial charge in [-0.3, -0.25) is 0 Å². The van der Waals surface area contributed by atoms with E-state index in [-0.39, 0.29) is 12.0 Å². The molecule has 2 rings (SSSR count). The molecule has 0 aliphatic heterocycles. The minimum Gasteiger partial charge on any atom is -0.507 e. The summed E-state index contributed by atoms with van der Waals surface area (Å²) in [6.45, 7) is 4.22. The number of hydrogen-bond acceptors (Lipinski definition) is 2. The van der Waals surface area contributed by atoms with Crippen molar-refractivity contribution in [3.05, 3.63) is 42.0 Å². The second kappa shape index (κ2) is 4.38. The van der Waals surface area contributed by atoms with Crippen molar-refractivity contribution < 1.29 is 10.2 Å². The zero-order chi connectivity index (χ0) is 12.5. The van der Waals surface area contributed by atoms with Crippen molar-refractivity contribution >= 4 is 10.8 Å². The van der Waals surface area contributed by atoms with Crippen molar-refractivity contribution in [2.45, 2.75) is 25.7 Å². The normalized spacial score (nSPS) is 14.8. The van der Waals surface area contributed by atoms with Gasteiger partial charge in [-0.05, 0) is 23.4 Å². The van der Waals surface area contributed by atoms with E-state index in [1.807, 2.05) is 37.3 Å². The fourth-order valence-corrected chi connectivity index (χ4v) is 2.20. The highest BCUT2D eigenvalue weighted by atomic mass is 16.3. The summed E-state index contributed by atoms with van der Waals surface area (Å²) in [5.41, 5.74) is 0.837. The lowest BCUT2D eigenvalue weighted by atomic mass is 9.78. The van der Waals surface area contributed by atoms with Crippen LogP contribution >= 0.6 is 0 Å². The Hall–Kier alpha value is -1.54. The number of benzene rings is 2. The van der Waals surface area contributed by atoms with Crippen molar-refractivity contribution in [3.63, 3.8) is 0 Å². The summed E-state index contributed by atoms with van der Waals surface area (Å²) in [6.07, 6.45) is 0.859. The van der Waals surface area contributed by atoms with Crippen LogP contribution in [0.15, 0.2) is 36.4 Å². The van der Waals surface area contributed by atoms with Crippen LogP contribution in [0.25, 0.3) is 10.8 Å². The van der Waals surface area contributed by atoms with Crippen LogP contribution in [-0.4, -0.2) is 16.8 Å². The molecule has 90 valence electrons. The lowest BCUT2D eigenvalue weighted by Gasteiger charge is -2.28. The van der Waals surface area contributed by atoms with Gasteiger partial charge in [0.2, 0.25) is 0 Å². The average molecular weight is 230 g/mol. The van der Waals surface area contributed by atoms with Crippen molar-refractivity contribution in [3.8, 4) is 5.75 Å². The fraction of sp³-hybridized carbons (Fsp3) is 0.333. The molecule has 1 atom stereocenters. The minimum absolute atomic E-state index is 0.109. The van der Waals surface area contributed by atoms with Gasteiger partial charge in [0.15, 0.2) is 0 Å². The van der Waals surface area contributed by atoms with Crippen LogP contribution in [0, 0.1) is 0 Å². The van der Waals surface area contributed by atoms with Gasteiger partial charge in [0.25, 0.3) is 0 Å². The van der Waals surface area contributed by atoms with Gasteiger partial charge >= 0.3 is 0 Å². The summed E-state index contributed by atoms with van der Waals surface area (Å²) in [7, 11) is 0. The maximum absolute atomic E-state index is 9.84. The van der Waals surface area contributed by atoms with Crippen LogP contribution in [0.4, 0.5) is 0 Å². The maximum Gasteiger partial charge on any atom is 0.123 e. The molecule has 0 aliphatic carbocycles. The van der Waals surface area contributed by atoms with E-state index < -0.39 is 0 Å². The van der Waals surface area contributed by atoms with E-state index in [2.05, 4.69) is 6.92 Å². The van der Waals surface area contributed by atoms with Gasteiger partial charge in [-0.2, -0.15) is 0 Å². The molecule has 2 nitrogen and oxygen atoms in total. The SMILES string of the molecule is CCC(C)(CO)c1ccc(O)c2ccccc12. The first-order valence-corrected chi connectivity index (χ1v) is 5.94. The molecule has 2 heteroatoms. The van der Waals surface area contributed by atoms with Crippen LogP contribution in [0.5, 0.6) is 5.75 Å². The van der Waals surface area contributed by atoms with E-state index in [9.17, 15) is 10.2 Å². The third kappa shape index (κ3) is 1.89. The molecule has 0 fully saturated rings. The second-order valence-electron chi connectivity index (χ2n) is 4.75. The molecule has 0 bridgehead atoms. The first-order valence-electron chi connectivity index (χ1n) is 5.94. The number of phenols is 1. The lowest BCUT2D eigenvalue weighted by Crippen LogP contribution is -2.25. The number of aromatic hydroxyl groups is 1. The Kier molecular flexibility index (Phi) is 3.07. The van der Waals surface area contributed by atoms with E-state index in [1.54, 1.807) is 6.07 Å². The van der Waals surface area contributed by atoms with Gasteiger partial charge in [0.1, 0.15) is 5.75 Å². The number of fused-ring (bicyclic) bond motifs is 1. The molecule has 0 saturated heterocycles. The van der Waals surface area contributed by atoms with Gasteiger partial charge in [0, 0.05) is 10.8 Å². The van der Waals surface area contributed by atoms with Gasteiger partial charge < -0.3 is 10.2 Å². The average Bonchev–Trinajstić information content (AvgIpc) is 2.39. The molecule has 0 spiro atoms. The smallest absolute Gasteiger partial charge is 0.123 e. The maximum atomic E-state index is 9.84. The van der Waals surface area contributed by atoms with Gasteiger partial charge in [-0.25, -0.2) is 0 Å². The Bertz CT molecular complexity index is 527. The predicted molar refractivity (Wildman–Crippen MR) is 70.3 cm³/mol.